The maximum absolute atomic E-state index is 7.60. The molecule has 94 valence electrons. The van der Waals surface area contributed by atoms with Gasteiger partial charge >= 0.3 is 0 Å². The average Bonchev–Trinajstić information content (AvgIpc) is 2.26. The number of hydrogen-bond acceptors (Lipinski definition) is 0. The van der Waals surface area contributed by atoms with Crippen molar-refractivity contribution in [1.82, 2.24) is 0 Å². The minimum absolute atomic E-state index is 0.196. The Labute approximate surface area is 106 Å². The van der Waals surface area contributed by atoms with Crippen molar-refractivity contribution in [2.45, 2.75) is 58.9 Å². The maximum atomic E-state index is 7.60. The zero-order chi connectivity index (χ0) is 12.6. The van der Waals surface area contributed by atoms with E-state index in [0.29, 0.717) is 23.2 Å². The molecule has 1 heteroatoms. The van der Waals surface area contributed by atoms with E-state index in [-0.39, 0.29) is 6.04 Å². The fraction of sp³-hybridized carbons (Fsp3) is 0.812. The van der Waals surface area contributed by atoms with E-state index in [9.17, 15) is 0 Å². The van der Waals surface area contributed by atoms with Crippen LogP contribution in [0.25, 0.3) is 4.85 Å². The van der Waals surface area contributed by atoms with Crippen LogP contribution in [0.5, 0.6) is 0 Å². The molecule has 0 saturated heterocycles. The Balaban J connectivity index is 2.32. The van der Waals surface area contributed by atoms with Gasteiger partial charge in [-0.1, -0.05) is 32.9 Å². The van der Waals surface area contributed by atoms with Gasteiger partial charge in [0.05, 0.1) is 5.92 Å². The SMILES string of the molecule is [C-]#[N+][C@H]1C(C(C)C)CC[C@@]2(C)CCCC(=C)[C@H]12. The van der Waals surface area contributed by atoms with Gasteiger partial charge in [-0.15, -0.1) is 0 Å². The van der Waals surface area contributed by atoms with Crippen LogP contribution in [0.4, 0.5) is 0 Å². The molecule has 1 nitrogen and oxygen atoms in total. The first kappa shape index (κ1) is 12.7. The van der Waals surface area contributed by atoms with E-state index in [4.69, 9.17) is 6.57 Å². The van der Waals surface area contributed by atoms with Gasteiger partial charge in [0.15, 0.2) is 0 Å². The van der Waals surface area contributed by atoms with E-state index in [2.05, 4.69) is 32.2 Å². The van der Waals surface area contributed by atoms with E-state index in [1.807, 2.05) is 0 Å². The van der Waals surface area contributed by atoms with Gasteiger partial charge in [0.1, 0.15) is 0 Å². The molecule has 0 radical (unpaired) electrons. The minimum Gasteiger partial charge on any atom is -0.313 e. The van der Waals surface area contributed by atoms with Gasteiger partial charge in [-0.3, -0.25) is 0 Å². The highest BCUT2D eigenvalue weighted by molar-refractivity contribution is 5.19. The van der Waals surface area contributed by atoms with Crippen molar-refractivity contribution in [3.05, 3.63) is 23.6 Å². The monoisotopic (exact) mass is 231 g/mol. The van der Waals surface area contributed by atoms with Crippen molar-refractivity contribution >= 4 is 0 Å². The lowest BCUT2D eigenvalue weighted by molar-refractivity contribution is 0.0508. The number of rotatable bonds is 1. The molecule has 2 aliphatic carbocycles. The second-order valence-corrected chi connectivity index (χ2v) is 6.71. The molecule has 0 aliphatic heterocycles. The van der Waals surface area contributed by atoms with Crippen LogP contribution < -0.4 is 0 Å². The first-order valence-electron chi connectivity index (χ1n) is 7.04. The third-order valence-corrected chi connectivity index (χ3v) is 5.27. The number of fused-ring (bicyclic) bond motifs is 1. The van der Waals surface area contributed by atoms with Gasteiger partial charge in [-0.25, -0.2) is 6.57 Å². The molecule has 0 bridgehead atoms. The molecule has 0 spiro atoms. The molecule has 2 rings (SSSR count). The summed E-state index contributed by atoms with van der Waals surface area (Å²) in [6, 6.07) is 0.196. The van der Waals surface area contributed by atoms with E-state index in [0.717, 1.165) is 6.42 Å². The summed E-state index contributed by atoms with van der Waals surface area (Å²) in [6.45, 7) is 18.8. The quantitative estimate of drug-likeness (QED) is 0.455. The zero-order valence-corrected chi connectivity index (χ0v) is 11.5. The summed E-state index contributed by atoms with van der Waals surface area (Å²) in [4.78, 5) is 4.02. The summed E-state index contributed by atoms with van der Waals surface area (Å²) >= 11 is 0. The van der Waals surface area contributed by atoms with Crippen molar-refractivity contribution in [2.75, 3.05) is 0 Å². The van der Waals surface area contributed by atoms with Crippen LogP contribution in [-0.4, -0.2) is 6.04 Å². The molecule has 0 aromatic heterocycles. The first-order valence-corrected chi connectivity index (χ1v) is 7.04. The fourth-order valence-corrected chi connectivity index (χ4v) is 4.27. The lowest BCUT2D eigenvalue weighted by atomic mass is 9.54. The standard InChI is InChI=1S/C16H25N/c1-11(2)13-8-10-16(4)9-6-7-12(3)14(16)15(13)17-5/h11,13-15H,3,6-10H2,1-2,4H3/t13?,14-,15+,16-/m1/s1. The molecule has 1 unspecified atom stereocenters. The fourth-order valence-electron chi connectivity index (χ4n) is 4.27. The van der Waals surface area contributed by atoms with Crippen molar-refractivity contribution < 1.29 is 0 Å². The highest BCUT2D eigenvalue weighted by atomic mass is 14.8. The molecule has 17 heavy (non-hydrogen) atoms. The van der Waals surface area contributed by atoms with Crippen LogP contribution in [0.15, 0.2) is 12.2 Å². The van der Waals surface area contributed by atoms with Gasteiger partial charge in [0, 0.05) is 5.92 Å². The summed E-state index contributed by atoms with van der Waals surface area (Å²) in [5.74, 6) is 1.68. The Morgan fingerprint density at radius 3 is 2.71 bits per heavy atom. The second kappa shape index (κ2) is 4.48. The Morgan fingerprint density at radius 2 is 2.12 bits per heavy atom. The van der Waals surface area contributed by atoms with E-state index in [1.165, 1.54) is 31.3 Å². The number of nitrogens with zero attached hydrogens (tertiary/aromatic N) is 1. The van der Waals surface area contributed by atoms with E-state index in [1.54, 1.807) is 0 Å². The number of hydrogen-bond donors (Lipinski definition) is 0. The van der Waals surface area contributed by atoms with Crippen LogP contribution in [0.2, 0.25) is 0 Å². The average molecular weight is 231 g/mol. The topological polar surface area (TPSA) is 4.36 Å². The van der Waals surface area contributed by atoms with Crippen LogP contribution in [-0.2, 0) is 0 Å². The Hall–Kier alpha value is -0.770. The third kappa shape index (κ3) is 2.03. The smallest absolute Gasteiger partial charge is 0.233 e. The summed E-state index contributed by atoms with van der Waals surface area (Å²) in [6.07, 6.45) is 6.27. The first-order chi connectivity index (χ1) is 7.99. The predicted octanol–water partition coefficient (Wildman–Crippen LogP) is 4.70. The summed E-state index contributed by atoms with van der Waals surface area (Å²) in [7, 11) is 0. The van der Waals surface area contributed by atoms with E-state index >= 15 is 0 Å². The Bertz CT molecular complexity index is 349. The Morgan fingerprint density at radius 1 is 1.41 bits per heavy atom. The normalized spacial score (nSPS) is 42.1. The van der Waals surface area contributed by atoms with Crippen molar-refractivity contribution in [1.29, 1.82) is 0 Å². The molecule has 2 fully saturated rings. The van der Waals surface area contributed by atoms with Gasteiger partial charge in [0.2, 0.25) is 6.04 Å². The van der Waals surface area contributed by atoms with Crippen molar-refractivity contribution in [2.24, 2.45) is 23.2 Å². The lowest BCUT2D eigenvalue weighted by Gasteiger charge is -2.49. The molecule has 2 aliphatic rings. The molecule has 0 aromatic rings. The van der Waals surface area contributed by atoms with Crippen LogP contribution in [0.3, 0.4) is 0 Å². The highest BCUT2D eigenvalue weighted by Crippen LogP contribution is 2.55. The molecule has 0 amide bonds. The van der Waals surface area contributed by atoms with Gasteiger partial charge in [0.25, 0.3) is 0 Å². The Kier molecular flexibility index (Phi) is 3.34. The van der Waals surface area contributed by atoms with E-state index < -0.39 is 0 Å². The summed E-state index contributed by atoms with van der Waals surface area (Å²) < 4.78 is 0. The molecular formula is C16H25N. The predicted molar refractivity (Wildman–Crippen MR) is 72.5 cm³/mol. The second-order valence-electron chi connectivity index (χ2n) is 6.71. The highest BCUT2D eigenvalue weighted by Gasteiger charge is 2.53. The molecular weight excluding hydrogens is 206 g/mol. The molecule has 0 heterocycles. The zero-order valence-electron chi connectivity index (χ0n) is 11.5. The maximum Gasteiger partial charge on any atom is 0.233 e. The summed E-state index contributed by atoms with van der Waals surface area (Å²) in [5.41, 5.74) is 1.74. The van der Waals surface area contributed by atoms with Gasteiger partial charge in [-0.2, -0.15) is 0 Å². The van der Waals surface area contributed by atoms with Crippen LogP contribution in [0, 0.1) is 29.7 Å². The minimum atomic E-state index is 0.196. The van der Waals surface area contributed by atoms with Gasteiger partial charge < -0.3 is 4.85 Å². The van der Waals surface area contributed by atoms with Crippen LogP contribution in [0.1, 0.15) is 52.9 Å². The largest absolute Gasteiger partial charge is 0.313 e. The van der Waals surface area contributed by atoms with Crippen LogP contribution >= 0.6 is 0 Å². The molecule has 2 saturated carbocycles. The molecule has 0 N–H and O–H groups in total. The summed E-state index contributed by atoms with van der Waals surface area (Å²) in [5, 5.41) is 0. The lowest BCUT2D eigenvalue weighted by Crippen LogP contribution is -2.47. The third-order valence-electron chi connectivity index (χ3n) is 5.27. The van der Waals surface area contributed by atoms with Crippen molar-refractivity contribution in [3.63, 3.8) is 0 Å². The molecule has 0 aromatic carbocycles. The van der Waals surface area contributed by atoms with Gasteiger partial charge in [-0.05, 0) is 43.4 Å². The molecule has 4 atom stereocenters. The van der Waals surface area contributed by atoms with Crippen molar-refractivity contribution in [3.8, 4) is 0 Å².